The molecule has 0 bridgehead atoms. The molecule has 1 fully saturated rings. The largest absolute Gasteiger partial charge is 0.469 e. The summed E-state index contributed by atoms with van der Waals surface area (Å²) in [5.41, 5.74) is 1.00. The Kier molecular flexibility index (Phi) is 5.76. The number of aromatic nitrogens is 1. The minimum Gasteiger partial charge on any atom is -0.469 e. The van der Waals surface area contributed by atoms with Gasteiger partial charge in [-0.2, -0.15) is 0 Å². The van der Waals surface area contributed by atoms with Gasteiger partial charge in [0, 0.05) is 39.3 Å². The van der Waals surface area contributed by atoms with E-state index >= 15 is 0 Å². The van der Waals surface area contributed by atoms with Gasteiger partial charge in [-0.15, -0.1) is 0 Å². The van der Waals surface area contributed by atoms with Crippen LogP contribution in [0.3, 0.4) is 0 Å². The number of hydrogen-bond donors (Lipinski definition) is 0. The van der Waals surface area contributed by atoms with Gasteiger partial charge in [0.05, 0.1) is 19.2 Å². The molecule has 110 valence electrons. The topological polar surface area (TPSA) is 45.7 Å². The van der Waals surface area contributed by atoms with Crippen LogP contribution in [0.5, 0.6) is 0 Å². The Labute approximate surface area is 124 Å². The van der Waals surface area contributed by atoms with Crippen molar-refractivity contribution in [2.24, 2.45) is 0 Å². The van der Waals surface area contributed by atoms with Crippen molar-refractivity contribution in [2.75, 3.05) is 39.8 Å². The summed E-state index contributed by atoms with van der Waals surface area (Å²) in [4.78, 5) is 20.1. The van der Waals surface area contributed by atoms with E-state index in [9.17, 15) is 4.79 Å². The van der Waals surface area contributed by atoms with Crippen molar-refractivity contribution in [2.45, 2.75) is 13.0 Å². The molecule has 1 aliphatic heterocycles. The molecule has 1 aromatic rings. The molecule has 0 aromatic carbocycles. The summed E-state index contributed by atoms with van der Waals surface area (Å²) in [6.45, 7) is 5.50. The fourth-order valence-corrected chi connectivity index (χ4v) is 2.47. The van der Waals surface area contributed by atoms with Crippen LogP contribution in [0.25, 0.3) is 0 Å². The fraction of sp³-hybridized carbons (Fsp3) is 0.571. The Morgan fingerprint density at radius 3 is 2.65 bits per heavy atom. The number of nitrogens with zero attached hydrogens (tertiary/aromatic N) is 3. The molecule has 0 N–H and O–H groups in total. The van der Waals surface area contributed by atoms with Crippen LogP contribution in [0, 0.1) is 0 Å². The lowest BCUT2D eigenvalue weighted by atomic mass is 10.2. The van der Waals surface area contributed by atoms with Crippen LogP contribution in [0.2, 0.25) is 5.15 Å². The maximum Gasteiger partial charge on any atom is 0.306 e. The van der Waals surface area contributed by atoms with Gasteiger partial charge in [-0.25, -0.2) is 4.98 Å². The molecule has 1 saturated heterocycles. The van der Waals surface area contributed by atoms with Crippen LogP contribution in [0.15, 0.2) is 18.2 Å². The molecule has 2 heterocycles. The summed E-state index contributed by atoms with van der Waals surface area (Å²) in [7, 11) is 1.43. The number of carbonyl (C=O) groups excluding carboxylic acids is 1. The number of hydrogen-bond acceptors (Lipinski definition) is 5. The summed E-state index contributed by atoms with van der Waals surface area (Å²) in [6, 6.07) is 5.71. The SMILES string of the molecule is COC(=O)CCN1CCN(Cc2cccc(Cl)n2)CC1. The molecule has 5 nitrogen and oxygen atoms in total. The molecule has 0 atom stereocenters. The normalized spacial score (nSPS) is 17.1. The van der Waals surface area contributed by atoms with Crippen molar-refractivity contribution < 1.29 is 9.53 Å². The highest BCUT2D eigenvalue weighted by Gasteiger charge is 2.18. The highest BCUT2D eigenvalue weighted by atomic mass is 35.5. The lowest BCUT2D eigenvalue weighted by molar-refractivity contribution is -0.141. The minimum absolute atomic E-state index is 0.143. The minimum atomic E-state index is -0.143. The van der Waals surface area contributed by atoms with Crippen LogP contribution >= 0.6 is 11.6 Å². The first-order valence-corrected chi connectivity index (χ1v) is 7.18. The molecule has 1 aromatic heterocycles. The van der Waals surface area contributed by atoms with Crippen LogP contribution in [-0.2, 0) is 16.1 Å². The molecule has 6 heteroatoms. The van der Waals surface area contributed by atoms with E-state index in [1.165, 1.54) is 7.11 Å². The predicted molar refractivity (Wildman–Crippen MR) is 77.6 cm³/mol. The molecular weight excluding hydrogens is 278 g/mol. The van der Waals surface area contributed by atoms with Crippen molar-refractivity contribution in [3.63, 3.8) is 0 Å². The Hall–Kier alpha value is -1.17. The first-order valence-electron chi connectivity index (χ1n) is 6.80. The summed E-state index contributed by atoms with van der Waals surface area (Å²) >= 11 is 5.89. The molecule has 0 spiro atoms. The van der Waals surface area contributed by atoms with Crippen molar-refractivity contribution in [1.29, 1.82) is 0 Å². The van der Waals surface area contributed by atoms with Gasteiger partial charge < -0.3 is 9.64 Å². The van der Waals surface area contributed by atoms with Crippen LogP contribution in [-0.4, -0.2) is 60.6 Å². The molecular formula is C14H20ClN3O2. The number of piperazine rings is 1. The van der Waals surface area contributed by atoms with Crippen molar-refractivity contribution in [1.82, 2.24) is 14.8 Å². The average molecular weight is 298 g/mol. The van der Waals surface area contributed by atoms with Gasteiger partial charge in [-0.1, -0.05) is 17.7 Å². The lowest BCUT2D eigenvalue weighted by Crippen LogP contribution is -2.46. The van der Waals surface area contributed by atoms with E-state index in [2.05, 4.69) is 19.5 Å². The number of rotatable bonds is 5. The molecule has 0 amide bonds. The van der Waals surface area contributed by atoms with Crippen molar-refractivity contribution in [3.8, 4) is 0 Å². The van der Waals surface area contributed by atoms with Crippen molar-refractivity contribution in [3.05, 3.63) is 29.0 Å². The third-order valence-corrected chi connectivity index (χ3v) is 3.69. The van der Waals surface area contributed by atoms with Crippen molar-refractivity contribution >= 4 is 17.6 Å². The second kappa shape index (κ2) is 7.57. The van der Waals surface area contributed by atoms with E-state index in [4.69, 9.17) is 11.6 Å². The number of pyridine rings is 1. The molecule has 20 heavy (non-hydrogen) atoms. The molecule has 0 radical (unpaired) electrons. The fourth-order valence-electron chi connectivity index (χ4n) is 2.29. The van der Waals surface area contributed by atoms with Crippen LogP contribution in [0.4, 0.5) is 0 Å². The van der Waals surface area contributed by atoms with Gasteiger partial charge in [-0.05, 0) is 12.1 Å². The lowest BCUT2D eigenvalue weighted by Gasteiger charge is -2.34. The van der Waals surface area contributed by atoms with E-state index < -0.39 is 0 Å². The monoisotopic (exact) mass is 297 g/mol. The number of halogens is 1. The van der Waals surface area contributed by atoms with E-state index in [0.717, 1.165) is 45.0 Å². The second-order valence-electron chi connectivity index (χ2n) is 4.90. The van der Waals surface area contributed by atoms with Crippen LogP contribution < -0.4 is 0 Å². The van der Waals surface area contributed by atoms with E-state index in [1.807, 2.05) is 12.1 Å². The number of methoxy groups -OCH3 is 1. The van der Waals surface area contributed by atoms with Gasteiger partial charge in [0.2, 0.25) is 0 Å². The van der Waals surface area contributed by atoms with Gasteiger partial charge in [-0.3, -0.25) is 9.69 Å². The predicted octanol–water partition coefficient (Wildman–Crippen LogP) is 1.42. The summed E-state index contributed by atoms with van der Waals surface area (Å²) < 4.78 is 4.66. The van der Waals surface area contributed by atoms with E-state index in [0.29, 0.717) is 11.6 Å². The smallest absolute Gasteiger partial charge is 0.306 e. The summed E-state index contributed by atoms with van der Waals surface area (Å²) in [6.07, 6.45) is 0.465. The first-order chi connectivity index (χ1) is 9.67. The molecule has 1 aliphatic rings. The second-order valence-corrected chi connectivity index (χ2v) is 5.28. The average Bonchev–Trinajstić information content (AvgIpc) is 2.46. The Balaban J connectivity index is 1.73. The number of esters is 1. The third kappa shape index (κ3) is 4.74. The van der Waals surface area contributed by atoms with Gasteiger partial charge in [0.15, 0.2) is 0 Å². The maximum absolute atomic E-state index is 11.1. The van der Waals surface area contributed by atoms with E-state index in [1.54, 1.807) is 6.07 Å². The Morgan fingerprint density at radius 1 is 1.30 bits per heavy atom. The van der Waals surface area contributed by atoms with Gasteiger partial charge in [0.25, 0.3) is 0 Å². The zero-order valence-electron chi connectivity index (χ0n) is 11.7. The summed E-state index contributed by atoms with van der Waals surface area (Å²) in [5.74, 6) is -0.143. The quantitative estimate of drug-likeness (QED) is 0.607. The molecule has 0 aliphatic carbocycles. The molecule has 0 unspecified atom stereocenters. The standard InChI is InChI=1S/C14H20ClN3O2/c1-20-14(19)5-6-17-7-9-18(10-8-17)11-12-3-2-4-13(15)16-12/h2-4H,5-11H2,1H3. The summed E-state index contributed by atoms with van der Waals surface area (Å²) in [5, 5.41) is 0.541. The third-order valence-electron chi connectivity index (χ3n) is 3.48. The van der Waals surface area contributed by atoms with E-state index in [-0.39, 0.29) is 5.97 Å². The number of carbonyl (C=O) groups is 1. The van der Waals surface area contributed by atoms with Crippen LogP contribution in [0.1, 0.15) is 12.1 Å². The zero-order valence-corrected chi connectivity index (χ0v) is 12.5. The molecule has 0 saturated carbocycles. The molecule has 2 rings (SSSR count). The highest BCUT2D eigenvalue weighted by molar-refractivity contribution is 6.29. The zero-order chi connectivity index (χ0) is 14.4. The number of ether oxygens (including phenoxy) is 1. The maximum atomic E-state index is 11.1. The Bertz CT molecular complexity index is 448. The van der Waals surface area contributed by atoms with Gasteiger partial charge >= 0.3 is 5.97 Å². The van der Waals surface area contributed by atoms with Gasteiger partial charge in [0.1, 0.15) is 5.15 Å². The Morgan fingerprint density at radius 2 is 2.00 bits per heavy atom. The highest BCUT2D eigenvalue weighted by Crippen LogP contribution is 2.10. The first kappa shape index (κ1) is 15.2.